The summed E-state index contributed by atoms with van der Waals surface area (Å²) in [6.45, 7) is 8.91. The highest BCUT2D eigenvalue weighted by molar-refractivity contribution is 5.76. The van der Waals surface area contributed by atoms with Crippen molar-refractivity contribution in [2.45, 2.75) is 47.1 Å². The number of nitrogens with one attached hydrogen (secondary N) is 1. The molecule has 0 radical (unpaired) electrons. The van der Waals surface area contributed by atoms with Crippen molar-refractivity contribution in [3.05, 3.63) is 23.8 Å². The number of anilines is 1. The van der Waals surface area contributed by atoms with Crippen LogP contribution in [0, 0.1) is 11.3 Å². The molecule has 112 valence electrons. The number of carbonyl (C=O) groups is 1. The van der Waals surface area contributed by atoms with E-state index in [1.807, 2.05) is 0 Å². The van der Waals surface area contributed by atoms with E-state index in [1.165, 1.54) is 0 Å². The van der Waals surface area contributed by atoms with Crippen molar-refractivity contribution < 1.29 is 9.90 Å². The fourth-order valence-electron chi connectivity index (χ4n) is 2.45. The first-order valence-corrected chi connectivity index (χ1v) is 7.01. The van der Waals surface area contributed by atoms with Crippen LogP contribution in [0.1, 0.15) is 46.1 Å². The van der Waals surface area contributed by atoms with Gasteiger partial charge in [0.1, 0.15) is 5.75 Å². The summed E-state index contributed by atoms with van der Waals surface area (Å²) in [5.41, 5.74) is 7.11. The van der Waals surface area contributed by atoms with Crippen LogP contribution in [0.3, 0.4) is 0 Å². The molecule has 0 aliphatic carbocycles. The van der Waals surface area contributed by atoms with E-state index in [1.54, 1.807) is 18.2 Å². The summed E-state index contributed by atoms with van der Waals surface area (Å²) in [7, 11) is 0. The molecule has 4 N–H and O–H groups in total. The standard InChI is InChI=1S/C16H26N2O2/c1-11(9-16(2,3)4)7-15(20)18-10-12-8-13(17)5-6-14(12)19/h5-6,8,11,19H,7,9-10,17H2,1-4H3,(H,18,20). The smallest absolute Gasteiger partial charge is 0.220 e. The van der Waals surface area contributed by atoms with E-state index >= 15 is 0 Å². The molecule has 0 spiro atoms. The third kappa shape index (κ3) is 5.95. The number of carbonyl (C=O) groups excluding carboxylic acids is 1. The van der Waals surface area contributed by atoms with Gasteiger partial charge >= 0.3 is 0 Å². The number of rotatable bonds is 5. The molecular weight excluding hydrogens is 252 g/mol. The normalized spacial score (nSPS) is 13.0. The van der Waals surface area contributed by atoms with Crippen molar-refractivity contribution in [2.24, 2.45) is 11.3 Å². The Morgan fingerprint density at radius 3 is 2.65 bits per heavy atom. The average Bonchev–Trinajstić information content (AvgIpc) is 2.27. The van der Waals surface area contributed by atoms with Gasteiger partial charge < -0.3 is 16.2 Å². The Labute approximate surface area is 121 Å². The fraction of sp³-hybridized carbons (Fsp3) is 0.562. The first kappa shape index (κ1) is 16.3. The first-order chi connectivity index (χ1) is 9.17. The van der Waals surface area contributed by atoms with Crippen molar-refractivity contribution in [2.75, 3.05) is 5.73 Å². The molecule has 0 fully saturated rings. The Morgan fingerprint density at radius 1 is 1.40 bits per heavy atom. The summed E-state index contributed by atoms with van der Waals surface area (Å²) < 4.78 is 0. The Bertz CT molecular complexity index is 464. The van der Waals surface area contributed by atoms with Crippen LogP contribution in [-0.4, -0.2) is 11.0 Å². The summed E-state index contributed by atoms with van der Waals surface area (Å²) in [4.78, 5) is 11.9. The number of aromatic hydroxyl groups is 1. The number of nitrogens with two attached hydrogens (primary N) is 1. The molecule has 0 aliphatic heterocycles. The van der Waals surface area contributed by atoms with E-state index in [0.717, 1.165) is 6.42 Å². The second-order valence-electron chi connectivity index (χ2n) is 6.74. The van der Waals surface area contributed by atoms with Crippen LogP contribution < -0.4 is 11.1 Å². The van der Waals surface area contributed by atoms with Crippen LogP contribution in [0.2, 0.25) is 0 Å². The maximum Gasteiger partial charge on any atom is 0.220 e. The van der Waals surface area contributed by atoms with E-state index in [2.05, 4.69) is 33.0 Å². The predicted molar refractivity (Wildman–Crippen MR) is 82.2 cm³/mol. The van der Waals surface area contributed by atoms with Crippen molar-refractivity contribution in [3.63, 3.8) is 0 Å². The monoisotopic (exact) mass is 278 g/mol. The molecule has 0 saturated carbocycles. The van der Waals surface area contributed by atoms with Crippen molar-refractivity contribution in [3.8, 4) is 5.75 Å². The number of amides is 1. The molecule has 1 rings (SSSR count). The molecule has 20 heavy (non-hydrogen) atoms. The largest absolute Gasteiger partial charge is 0.508 e. The number of phenols is 1. The molecule has 0 saturated heterocycles. The number of nitrogen functional groups attached to an aromatic ring is 1. The summed E-state index contributed by atoms with van der Waals surface area (Å²) in [5, 5.41) is 12.5. The van der Waals surface area contributed by atoms with Crippen molar-refractivity contribution in [1.29, 1.82) is 0 Å². The molecule has 1 amide bonds. The Balaban J connectivity index is 2.45. The molecule has 1 aromatic rings. The van der Waals surface area contributed by atoms with Gasteiger partial charge in [-0.1, -0.05) is 27.7 Å². The minimum atomic E-state index is 0.00331. The maximum absolute atomic E-state index is 11.9. The first-order valence-electron chi connectivity index (χ1n) is 7.01. The molecule has 1 aromatic carbocycles. The minimum Gasteiger partial charge on any atom is -0.508 e. The average molecular weight is 278 g/mol. The fourth-order valence-corrected chi connectivity index (χ4v) is 2.45. The van der Waals surface area contributed by atoms with Gasteiger partial charge in [-0.3, -0.25) is 4.79 Å². The van der Waals surface area contributed by atoms with Gasteiger partial charge in [0.2, 0.25) is 5.91 Å². The zero-order chi connectivity index (χ0) is 15.3. The molecule has 0 heterocycles. The Morgan fingerprint density at radius 2 is 2.05 bits per heavy atom. The van der Waals surface area contributed by atoms with Gasteiger partial charge in [-0.05, 0) is 36.0 Å². The van der Waals surface area contributed by atoms with Gasteiger partial charge in [0.15, 0.2) is 0 Å². The highest BCUT2D eigenvalue weighted by atomic mass is 16.3. The molecule has 1 unspecified atom stereocenters. The second-order valence-corrected chi connectivity index (χ2v) is 6.74. The van der Waals surface area contributed by atoms with Crippen LogP contribution in [0.5, 0.6) is 5.75 Å². The van der Waals surface area contributed by atoms with E-state index < -0.39 is 0 Å². The van der Waals surface area contributed by atoms with Gasteiger partial charge in [0.05, 0.1) is 0 Å². The van der Waals surface area contributed by atoms with Gasteiger partial charge in [-0.25, -0.2) is 0 Å². The quantitative estimate of drug-likeness (QED) is 0.572. The molecule has 4 nitrogen and oxygen atoms in total. The van der Waals surface area contributed by atoms with Gasteiger partial charge in [-0.2, -0.15) is 0 Å². The third-order valence-electron chi connectivity index (χ3n) is 3.07. The number of hydrogen-bond donors (Lipinski definition) is 3. The van der Waals surface area contributed by atoms with Crippen LogP contribution >= 0.6 is 0 Å². The molecular formula is C16H26N2O2. The topological polar surface area (TPSA) is 75.4 Å². The lowest BCUT2D eigenvalue weighted by Gasteiger charge is -2.22. The van der Waals surface area contributed by atoms with Crippen LogP contribution in [0.15, 0.2) is 18.2 Å². The van der Waals surface area contributed by atoms with Gasteiger partial charge in [0, 0.05) is 24.2 Å². The lowest BCUT2D eigenvalue weighted by atomic mass is 9.84. The van der Waals surface area contributed by atoms with Crippen LogP contribution in [-0.2, 0) is 11.3 Å². The van der Waals surface area contributed by atoms with Crippen molar-refractivity contribution in [1.82, 2.24) is 5.32 Å². The second kappa shape index (κ2) is 6.64. The summed E-state index contributed by atoms with van der Waals surface area (Å²) in [6, 6.07) is 4.85. The number of hydrogen-bond acceptors (Lipinski definition) is 3. The molecule has 4 heteroatoms. The molecule has 1 atom stereocenters. The zero-order valence-corrected chi connectivity index (χ0v) is 12.9. The summed E-state index contributed by atoms with van der Waals surface area (Å²) >= 11 is 0. The Kier molecular flexibility index (Phi) is 5.43. The SMILES string of the molecule is CC(CC(=O)NCc1cc(N)ccc1O)CC(C)(C)C. The Hall–Kier alpha value is -1.71. The van der Waals surface area contributed by atoms with Crippen LogP contribution in [0.4, 0.5) is 5.69 Å². The highest BCUT2D eigenvalue weighted by Crippen LogP contribution is 2.26. The predicted octanol–water partition coefficient (Wildman–Crippen LogP) is 3.05. The van der Waals surface area contributed by atoms with Crippen LogP contribution in [0.25, 0.3) is 0 Å². The maximum atomic E-state index is 11.9. The number of benzene rings is 1. The van der Waals surface area contributed by atoms with E-state index in [4.69, 9.17) is 5.73 Å². The summed E-state index contributed by atoms with van der Waals surface area (Å²) in [6.07, 6.45) is 1.50. The molecule has 0 aliphatic rings. The van der Waals surface area contributed by atoms with Gasteiger partial charge in [0.25, 0.3) is 0 Å². The number of phenolic OH excluding ortho intramolecular Hbond substituents is 1. The zero-order valence-electron chi connectivity index (χ0n) is 12.9. The van der Waals surface area contributed by atoms with Crippen molar-refractivity contribution >= 4 is 11.6 Å². The highest BCUT2D eigenvalue weighted by Gasteiger charge is 2.17. The van der Waals surface area contributed by atoms with Gasteiger partial charge in [-0.15, -0.1) is 0 Å². The third-order valence-corrected chi connectivity index (χ3v) is 3.07. The van der Waals surface area contributed by atoms with E-state index in [-0.39, 0.29) is 17.1 Å². The van der Waals surface area contributed by atoms with E-state index in [9.17, 15) is 9.90 Å². The minimum absolute atomic E-state index is 0.00331. The summed E-state index contributed by atoms with van der Waals surface area (Å²) in [5.74, 6) is 0.496. The lowest BCUT2D eigenvalue weighted by Crippen LogP contribution is -2.25. The van der Waals surface area contributed by atoms with E-state index in [0.29, 0.717) is 30.1 Å². The lowest BCUT2D eigenvalue weighted by molar-refractivity contribution is -0.122. The molecule has 0 bridgehead atoms. The molecule has 0 aromatic heterocycles.